The number of carbonyl (C=O) groups excluding carboxylic acids is 1. The maximum absolute atomic E-state index is 12.7. The molecule has 1 amide bonds. The van der Waals surface area contributed by atoms with Crippen LogP contribution < -0.4 is 10.1 Å². The van der Waals surface area contributed by atoms with Crippen molar-refractivity contribution in [3.63, 3.8) is 0 Å². The van der Waals surface area contributed by atoms with Gasteiger partial charge < -0.3 is 10.1 Å². The van der Waals surface area contributed by atoms with Crippen LogP contribution in [0, 0.1) is 12.7 Å². The summed E-state index contributed by atoms with van der Waals surface area (Å²) >= 11 is 0. The first kappa shape index (κ1) is 12.9. The molecule has 19 heavy (non-hydrogen) atoms. The fraction of sp³-hybridized carbons (Fsp3) is 0.154. The number of rotatable bonds is 3. The molecule has 1 heterocycles. The van der Waals surface area contributed by atoms with E-state index in [1.807, 2.05) is 0 Å². The van der Waals surface area contributed by atoms with Crippen molar-refractivity contribution >= 4 is 11.6 Å². The van der Waals surface area contributed by atoms with E-state index in [-0.39, 0.29) is 17.7 Å². The molecule has 0 saturated heterocycles. The van der Waals surface area contributed by atoms with Gasteiger partial charge in [-0.25, -0.2) is 9.37 Å². The molecule has 6 heteroatoms. The summed E-state index contributed by atoms with van der Waals surface area (Å²) in [6, 6.07) is 5.70. The first-order valence-corrected chi connectivity index (χ1v) is 5.54. The lowest BCUT2D eigenvalue weighted by Crippen LogP contribution is -2.15. The molecule has 0 fully saturated rings. The van der Waals surface area contributed by atoms with Gasteiger partial charge in [0.25, 0.3) is 5.91 Å². The van der Waals surface area contributed by atoms with E-state index in [0.717, 1.165) is 0 Å². The van der Waals surface area contributed by atoms with Gasteiger partial charge in [-0.15, -0.1) is 0 Å². The number of amides is 1. The van der Waals surface area contributed by atoms with Crippen LogP contribution in [0.15, 0.2) is 30.5 Å². The van der Waals surface area contributed by atoms with Crippen molar-refractivity contribution in [3.8, 4) is 6.01 Å². The third-order valence-electron chi connectivity index (χ3n) is 2.49. The third kappa shape index (κ3) is 3.04. The Kier molecular flexibility index (Phi) is 3.70. The molecule has 2 rings (SSSR count). The summed E-state index contributed by atoms with van der Waals surface area (Å²) in [7, 11) is 1.45. The van der Waals surface area contributed by atoms with Crippen molar-refractivity contribution < 1.29 is 13.9 Å². The minimum Gasteiger partial charge on any atom is -0.467 e. The van der Waals surface area contributed by atoms with Crippen molar-refractivity contribution in [2.45, 2.75) is 6.92 Å². The summed E-state index contributed by atoms with van der Waals surface area (Å²) < 4.78 is 17.6. The summed E-state index contributed by atoms with van der Waals surface area (Å²) in [5, 5.41) is 2.64. The van der Waals surface area contributed by atoms with Gasteiger partial charge in [-0.05, 0) is 31.2 Å². The van der Waals surface area contributed by atoms with Crippen LogP contribution in [0.1, 0.15) is 16.1 Å². The molecule has 0 saturated carbocycles. The van der Waals surface area contributed by atoms with Crippen LogP contribution in [0.4, 0.5) is 10.1 Å². The molecule has 1 aromatic carbocycles. The molecule has 98 valence electrons. The minimum absolute atomic E-state index is 0.204. The topological polar surface area (TPSA) is 64.1 Å². The largest absolute Gasteiger partial charge is 0.467 e. The maximum atomic E-state index is 12.7. The zero-order valence-corrected chi connectivity index (χ0v) is 10.5. The van der Waals surface area contributed by atoms with Gasteiger partial charge in [-0.3, -0.25) is 4.79 Å². The highest BCUT2D eigenvalue weighted by molar-refractivity contribution is 6.04. The Morgan fingerprint density at radius 1 is 1.32 bits per heavy atom. The number of carbonyl (C=O) groups is 1. The van der Waals surface area contributed by atoms with Gasteiger partial charge in [-0.2, -0.15) is 4.98 Å². The average molecular weight is 261 g/mol. The summed E-state index contributed by atoms with van der Waals surface area (Å²) in [5.41, 5.74) is 1.35. The van der Waals surface area contributed by atoms with E-state index in [2.05, 4.69) is 15.3 Å². The number of halogens is 1. The second-order valence-electron chi connectivity index (χ2n) is 3.82. The van der Waals surface area contributed by atoms with Gasteiger partial charge in [-0.1, -0.05) is 0 Å². The first-order valence-electron chi connectivity index (χ1n) is 5.54. The van der Waals surface area contributed by atoms with Crippen molar-refractivity contribution in [1.82, 2.24) is 9.97 Å². The highest BCUT2D eigenvalue weighted by Gasteiger charge is 2.12. The van der Waals surface area contributed by atoms with E-state index in [1.165, 1.54) is 37.6 Å². The Morgan fingerprint density at radius 2 is 2.00 bits per heavy atom. The molecule has 0 atom stereocenters. The first-order chi connectivity index (χ1) is 9.10. The molecule has 0 aliphatic rings. The monoisotopic (exact) mass is 261 g/mol. The fourth-order valence-electron chi connectivity index (χ4n) is 1.50. The van der Waals surface area contributed by atoms with Gasteiger partial charge in [0.15, 0.2) is 0 Å². The molecule has 1 N–H and O–H groups in total. The highest BCUT2D eigenvalue weighted by atomic mass is 19.1. The number of hydrogen-bond acceptors (Lipinski definition) is 4. The summed E-state index contributed by atoms with van der Waals surface area (Å²) in [4.78, 5) is 19.9. The third-order valence-corrected chi connectivity index (χ3v) is 2.49. The predicted octanol–water partition coefficient (Wildman–Crippen LogP) is 2.19. The van der Waals surface area contributed by atoms with E-state index in [0.29, 0.717) is 16.9 Å². The van der Waals surface area contributed by atoms with E-state index >= 15 is 0 Å². The van der Waals surface area contributed by atoms with Gasteiger partial charge in [0.05, 0.1) is 18.4 Å². The van der Waals surface area contributed by atoms with Crippen LogP contribution in [0.5, 0.6) is 6.01 Å². The van der Waals surface area contributed by atoms with Crippen LogP contribution in [-0.4, -0.2) is 23.0 Å². The predicted molar refractivity (Wildman–Crippen MR) is 67.7 cm³/mol. The Bertz CT molecular complexity index is 599. The molecule has 0 radical (unpaired) electrons. The number of nitrogens with zero attached hydrogens (tertiary/aromatic N) is 2. The normalized spacial score (nSPS) is 10.1. The second-order valence-corrected chi connectivity index (χ2v) is 3.82. The quantitative estimate of drug-likeness (QED) is 0.919. The Morgan fingerprint density at radius 3 is 2.58 bits per heavy atom. The zero-order chi connectivity index (χ0) is 13.8. The number of hydrogen-bond donors (Lipinski definition) is 1. The smallest absolute Gasteiger partial charge is 0.316 e. The van der Waals surface area contributed by atoms with Gasteiger partial charge in [0.2, 0.25) is 0 Å². The second kappa shape index (κ2) is 5.43. The highest BCUT2D eigenvalue weighted by Crippen LogP contribution is 2.13. The SMILES string of the molecule is COc1ncc(C(=O)Nc2ccc(F)cc2)c(C)n1. The van der Waals surface area contributed by atoms with E-state index in [4.69, 9.17) is 4.74 Å². The number of benzene rings is 1. The number of nitrogens with one attached hydrogen (secondary N) is 1. The number of aromatic nitrogens is 2. The van der Waals surface area contributed by atoms with Crippen molar-refractivity contribution in [3.05, 3.63) is 47.5 Å². The van der Waals surface area contributed by atoms with Crippen molar-refractivity contribution in [1.29, 1.82) is 0 Å². The molecule has 0 spiro atoms. The molecule has 1 aromatic heterocycles. The molecular weight excluding hydrogens is 249 g/mol. The molecular formula is C13H12FN3O2. The molecule has 2 aromatic rings. The van der Waals surface area contributed by atoms with Gasteiger partial charge in [0, 0.05) is 11.9 Å². The lowest BCUT2D eigenvalue weighted by Gasteiger charge is -2.07. The van der Waals surface area contributed by atoms with Gasteiger partial charge >= 0.3 is 6.01 Å². The summed E-state index contributed by atoms with van der Waals surface area (Å²) in [6.07, 6.45) is 1.39. The van der Waals surface area contributed by atoms with Crippen LogP contribution in [0.3, 0.4) is 0 Å². The molecule has 0 aliphatic carbocycles. The van der Waals surface area contributed by atoms with Gasteiger partial charge in [0.1, 0.15) is 5.82 Å². The van der Waals surface area contributed by atoms with Crippen LogP contribution in [0.25, 0.3) is 0 Å². The van der Waals surface area contributed by atoms with Crippen LogP contribution >= 0.6 is 0 Å². The number of aryl methyl sites for hydroxylation is 1. The standard InChI is InChI=1S/C13H12FN3O2/c1-8-11(7-15-13(16-8)19-2)12(18)17-10-5-3-9(14)4-6-10/h3-7H,1-2H3,(H,17,18). The van der Waals surface area contributed by atoms with Crippen molar-refractivity contribution in [2.75, 3.05) is 12.4 Å². The van der Waals surface area contributed by atoms with E-state index in [9.17, 15) is 9.18 Å². The molecule has 0 bridgehead atoms. The van der Waals surface area contributed by atoms with Crippen molar-refractivity contribution in [2.24, 2.45) is 0 Å². The minimum atomic E-state index is -0.359. The number of ether oxygens (including phenoxy) is 1. The Hall–Kier alpha value is -2.50. The maximum Gasteiger partial charge on any atom is 0.316 e. The molecule has 0 aliphatic heterocycles. The van der Waals surface area contributed by atoms with E-state index in [1.54, 1.807) is 6.92 Å². The molecule has 5 nitrogen and oxygen atoms in total. The lowest BCUT2D eigenvalue weighted by atomic mass is 10.2. The fourth-order valence-corrected chi connectivity index (χ4v) is 1.50. The Labute approximate surface area is 109 Å². The summed E-state index contributed by atoms with van der Waals surface area (Å²) in [5.74, 6) is -0.714. The number of anilines is 1. The van der Waals surface area contributed by atoms with Crippen LogP contribution in [0.2, 0.25) is 0 Å². The number of methoxy groups -OCH3 is 1. The van der Waals surface area contributed by atoms with E-state index < -0.39 is 0 Å². The average Bonchev–Trinajstić information content (AvgIpc) is 2.41. The lowest BCUT2D eigenvalue weighted by molar-refractivity contribution is 0.102. The molecule has 0 unspecified atom stereocenters. The Balaban J connectivity index is 2.18. The zero-order valence-electron chi connectivity index (χ0n) is 10.5. The van der Waals surface area contributed by atoms with Crippen LogP contribution in [-0.2, 0) is 0 Å². The summed E-state index contributed by atoms with van der Waals surface area (Å²) in [6.45, 7) is 1.68.